The lowest BCUT2D eigenvalue weighted by Crippen LogP contribution is -2.47. The molecule has 0 bridgehead atoms. The number of amides is 1. The summed E-state index contributed by atoms with van der Waals surface area (Å²) >= 11 is 0. The van der Waals surface area contributed by atoms with E-state index in [4.69, 9.17) is 13.8 Å². The molecule has 0 saturated heterocycles. The van der Waals surface area contributed by atoms with Gasteiger partial charge in [0, 0.05) is 12.8 Å². The van der Waals surface area contributed by atoms with E-state index in [1.807, 2.05) is 33.3 Å². The molecule has 1 amide bonds. The first-order valence-corrected chi connectivity index (χ1v) is 35.4. The zero-order valence-corrected chi connectivity index (χ0v) is 54.0. The standard InChI is InChI=1S/C69H131N2O7P/c1-7-10-13-16-19-22-25-27-29-31-32-33-34-35-36-37-38-40-41-43-46-49-52-55-58-61-68(72)70-66(65-77-79(74,75)76-64-63-71(4,5)6)67(60-57-54-51-48-45-24-21-18-15-12-9-3)78-69(73)62-59-56-53-50-47-44-42-39-30-28-26-23-20-17-14-11-8-2/h19,22,27,29,32-33,57,60,66-67H,7-18,20-21,23-26,28,30-31,34-56,58-59,61-65H2,1-6H3,(H-,70,72,74,75)/b22-19-,29-27-,33-32-,60-57-. The van der Waals surface area contributed by atoms with Gasteiger partial charge in [0.25, 0.3) is 7.82 Å². The molecule has 0 aliphatic carbocycles. The van der Waals surface area contributed by atoms with Crippen LogP contribution in [-0.4, -0.2) is 69.4 Å². The molecule has 0 aliphatic heterocycles. The number of hydrogen-bond donors (Lipinski definition) is 1. The smallest absolute Gasteiger partial charge is 0.306 e. The van der Waals surface area contributed by atoms with Gasteiger partial charge >= 0.3 is 5.97 Å². The van der Waals surface area contributed by atoms with Crippen molar-refractivity contribution in [1.29, 1.82) is 0 Å². The molecule has 1 N–H and O–H groups in total. The zero-order chi connectivity index (χ0) is 57.9. The Kier molecular flexibility index (Phi) is 57.6. The maximum Gasteiger partial charge on any atom is 0.306 e. The molecule has 79 heavy (non-hydrogen) atoms. The predicted octanol–water partition coefficient (Wildman–Crippen LogP) is 20.6. The maximum absolute atomic E-state index is 13.6. The molecule has 0 saturated carbocycles. The number of carbonyl (C=O) groups excluding carboxylic acids is 2. The first-order chi connectivity index (χ1) is 38.4. The van der Waals surface area contributed by atoms with Gasteiger partial charge in [-0.05, 0) is 70.3 Å². The molecule has 0 aromatic rings. The van der Waals surface area contributed by atoms with E-state index in [0.717, 1.165) is 70.6 Å². The maximum atomic E-state index is 13.6. The summed E-state index contributed by atoms with van der Waals surface area (Å²) in [7, 11) is 1.20. The molecule has 0 aliphatic rings. The van der Waals surface area contributed by atoms with Crippen molar-refractivity contribution in [2.75, 3.05) is 40.9 Å². The number of rotatable bonds is 62. The number of carbonyl (C=O) groups is 2. The number of unbranched alkanes of at least 4 members (excludes halogenated alkanes) is 40. The number of likely N-dealkylation sites (N-methyl/N-ethyl adjacent to an activating group) is 1. The number of nitrogens with one attached hydrogen (secondary N) is 1. The Morgan fingerprint density at radius 3 is 1.18 bits per heavy atom. The monoisotopic (exact) mass is 1130 g/mol. The number of ether oxygens (including phenoxy) is 1. The zero-order valence-electron chi connectivity index (χ0n) is 53.1. The summed E-state index contributed by atoms with van der Waals surface area (Å²) in [6.45, 7) is 6.85. The van der Waals surface area contributed by atoms with Crippen LogP contribution in [0.2, 0.25) is 0 Å². The van der Waals surface area contributed by atoms with Gasteiger partial charge in [0.2, 0.25) is 5.91 Å². The number of esters is 1. The largest absolute Gasteiger partial charge is 0.756 e. The summed E-state index contributed by atoms with van der Waals surface area (Å²) in [5, 5.41) is 3.04. The lowest BCUT2D eigenvalue weighted by Gasteiger charge is -2.30. The summed E-state index contributed by atoms with van der Waals surface area (Å²) < 4.78 is 30.4. The summed E-state index contributed by atoms with van der Waals surface area (Å²) in [6.07, 6.45) is 73.7. The van der Waals surface area contributed by atoms with Gasteiger partial charge in [-0.25, -0.2) is 0 Å². The summed E-state index contributed by atoms with van der Waals surface area (Å²) in [5.41, 5.74) is 0. The molecule has 0 heterocycles. The molecular weight excluding hydrogens is 1000 g/mol. The Balaban J connectivity index is 5.04. The number of allylic oxidation sites excluding steroid dienone is 7. The average molecular weight is 1130 g/mol. The highest BCUT2D eigenvalue weighted by molar-refractivity contribution is 7.45. The number of phosphoric ester groups is 1. The molecule has 464 valence electrons. The molecule has 3 unspecified atom stereocenters. The van der Waals surface area contributed by atoms with Gasteiger partial charge in [0.15, 0.2) is 0 Å². The number of quaternary nitrogens is 1. The van der Waals surface area contributed by atoms with Crippen LogP contribution in [0.15, 0.2) is 48.6 Å². The van der Waals surface area contributed by atoms with Crippen LogP contribution in [0.25, 0.3) is 0 Å². The van der Waals surface area contributed by atoms with Crippen molar-refractivity contribution in [3.8, 4) is 0 Å². The fourth-order valence-corrected chi connectivity index (χ4v) is 10.7. The lowest BCUT2D eigenvalue weighted by atomic mass is 10.0. The van der Waals surface area contributed by atoms with E-state index in [1.54, 1.807) is 0 Å². The lowest BCUT2D eigenvalue weighted by molar-refractivity contribution is -0.870. The minimum Gasteiger partial charge on any atom is -0.756 e. The molecule has 0 spiro atoms. The molecule has 0 rings (SSSR count). The van der Waals surface area contributed by atoms with Gasteiger partial charge in [-0.15, -0.1) is 0 Å². The van der Waals surface area contributed by atoms with Crippen LogP contribution < -0.4 is 10.2 Å². The second-order valence-electron chi connectivity index (χ2n) is 24.3. The van der Waals surface area contributed by atoms with Crippen LogP contribution in [0.3, 0.4) is 0 Å². The van der Waals surface area contributed by atoms with E-state index in [0.29, 0.717) is 17.4 Å². The first kappa shape index (κ1) is 77.0. The van der Waals surface area contributed by atoms with Crippen LogP contribution in [0.1, 0.15) is 329 Å². The van der Waals surface area contributed by atoms with Gasteiger partial charge in [-0.1, -0.05) is 294 Å². The second-order valence-corrected chi connectivity index (χ2v) is 25.7. The highest BCUT2D eigenvalue weighted by Gasteiger charge is 2.27. The van der Waals surface area contributed by atoms with Crippen molar-refractivity contribution in [2.24, 2.45) is 0 Å². The van der Waals surface area contributed by atoms with E-state index in [1.165, 1.54) is 225 Å². The number of phosphoric acid groups is 1. The molecule has 3 atom stereocenters. The quantitative estimate of drug-likeness (QED) is 0.0212. The van der Waals surface area contributed by atoms with E-state index in [-0.39, 0.29) is 31.5 Å². The van der Waals surface area contributed by atoms with Gasteiger partial charge in [-0.3, -0.25) is 14.2 Å². The topological polar surface area (TPSA) is 114 Å². The SMILES string of the molecule is CCCCC/C=C\C/C=C\C/C=C\CCCCCCCCCCCCCCC(=O)NC(COP(=O)([O-])OCC[N+](C)(C)C)C(/C=C\CCCCCCCCCCC)OC(=O)CCCCCCCCCCCCCCCCCCC. The van der Waals surface area contributed by atoms with Crippen molar-refractivity contribution in [1.82, 2.24) is 5.32 Å². The highest BCUT2D eigenvalue weighted by atomic mass is 31.2. The van der Waals surface area contributed by atoms with Crippen molar-refractivity contribution < 1.29 is 37.3 Å². The summed E-state index contributed by atoms with van der Waals surface area (Å²) in [5.74, 6) is -0.529. The fourth-order valence-electron chi connectivity index (χ4n) is 10.0. The highest BCUT2D eigenvalue weighted by Crippen LogP contribution is 2.38. The normalized spacial score (nSPS) is 13.9. The van der Waals surface area contributed by atoms with Gasteiger partial charge < -0.3 is 28.5 Å². The third-order valence-electron chi connectivity index (χ3n) is 15.3. The van der Waals surface area contributed by atoms with Crippen molar-refractivity contribution in [3.05, 3.63) is 48.6 Å². The minimum atomic E-state index is -4.70. The van der Waals surface area contributed by atoms with Crippen LogP contribution in [0.5, 0.6) is 0 Å². The van der Waals surface area contributed by atoms with Crippen LogP contribution in [0.4, 0.5) is 0 Å². The van der Waals surface area contributed by atoms with E-state index < -0.39 is 20.0 Å². The summed E-state index contributed by atoms with van der Waals surface area (Å²) in [6, 6.07) is -0.887. The summed E-state index contributed by atoms with van der Waals surface area (Å²) in [4.78, 5) is 40.1. The molecule has 0 aromatic carbocycles. The van der Waals surface area contributed by atoms with E-state index >= 15 is 0 Å². The van der Waals surface area contributed by atoms with Gasteiger partial charge in [0.05, 0.1) is 33.8 Å². The molecule has 10 heteroatoms. The first-order valence-electron chi connectivity index (χ1n) is 33.9. The van der Waals surface area contributed by atoms with Crippen molar-refractivity contribution >= 4 is 19.7 Å². The Hall–Kier alpha value is -2.03. The second kappa shape index (κ2) is 59.1. The van der Waals surface area contributed by atoms with Crippen molar-refractivity contribution in [3.63, 3.8) is 0 Å². The van der Waals surface area contributed by atoms with Crippen LogP contribution in [0, 0.1) is 0 Å². The van der Waals surface area contributed by atoms with E-state index in [2.05, 4.69) is 62.5 Å². The Morgan fingerprint density at radius 2 is 0.772 bits per heavy atom. The minimum absolute atomic E-state index is 0.0209. The van der Waals surface area contributed by atoms with Gasteiger partial charge in [-0.2, -0.15) is 0 Å². The molecule has 0 radical (unpaired) electrons. The van der Waals surface area contributed by atoms with Crippen molar-refractivity contribution in [2.45, 2.75) is 341 Å². The fraction of sp³-hybridized carbons (Fsp3) is 0.855. The molecular formula is C69H131N2O7P. The van der Waals surface area contributed by atoms with Gasteiger partial charge in [0.1, 0.15) is 19.3 Å². The Bertz CT molecular complexity index is 1490. The number of nitrogens with zero attached hydrogens (tertiary/aromatic N) is 1. The van der Waals surface area contributed by atoms with Crippen LogP contribution >= 0.6 is 7.82 Å². The third-order valence-corrected chi connectivity index (χ3v) is 16.2. The Morgan fingerprint density at radius 1 is 0.443 bits per heavy atom. The van der Waals surface area contributed by atoms with E-state index in [9.17, 15) is 19.0 Å². The predicted molar refractivity (Wildman–Crippen MR) is 339 cm³/mol. The average Bonchev–Trinajstić information content (AvgIpc) is 3.41. The Labute approximate surface area is 490 Å². The number of hydrogen-bond acceptors (Lipinski definition) is 7. The third kappa shape index (κ3) is 60.4. The molecule has 9 nitrogen and oxygen atoms in total. The van der Waals surface area contributed by atoms with Crippen LogP contribution in [-0.2, 0) is 27.9 Å². The molecule has 0 fully saturated rings. The molecule has 0 aromatic heterocycles.